The number of nitrogens with two attached hydrogens (primary N) is 1. The number of hydrogen-bond donors (Lipinski definition) is 2. The van der Waals surface area contributed by atoms with Crippen LogP contribution in [-0.2, 0) is 4.74 Å². The molecular formula is C10H18Cl2N4O. The van der Waals surface area contributed by atoms with E-state index in [0.717, 1.165) is 24.5 Å². The van der Waals surface area contributed by atoms with Crippen LogP contribution in [0.3, 0.4) is 0 Å². The molecule has 1 aromatic heterocycles. The number of aromatic amines is 1. The van der Waals surface area contributed by atoms with Crippen LogP contribution < -0.4 is 5.73 Å². The number of halogens is 2. The van der Waals surface area contributed by atoms with E-state index in [1.54, 1.807) is 0 Å². The van der Waals surface area contributed by atoms with Gasteiger partial charge in [-0.1, -0.05) is 0 Å². The predicted octanol–water partition coefficient (Wildman–Crippen LogP) is 1.70. The second kappa shape index (κ2) is 6.00. The quantitative estimate of drug-likeness (QED) is 0.884. The van der Waals surface area contributed by atoms with Crippen molar-refractivity contribution in [3.05, 3.63) is 11.6 Å². The third-order valence-electron chi connectivity index (χ3n) is 3.14. The molecule has 2 atom stereocenters. The third kappa shape index (κ3) is 3.10. The first-order valence-electron chi connectivity index (χ1n) is 5.64. The van der Waals surface area contributed by atoms with Gasteiger partial charge in [0.2, 0.25) is 0 Å². The topological polar surface area (TPSA) is 76.8 Å². The maximum atomic E-state index is 5.75. The van der Waals surface area contributed by atoms with Crippen LogP contribution in [0, 0.1) is 0 Å². The monoisotopic (exact) mass is 280 g/mol. The minimum absolute atomic E-state index is 0. The van der Waals surface area contributed by atoms with Crippen LogP contribution in [0.1, 0.15) is 49.4 Å². The molecule has 0 bridgehead atoms. The van der Waals surface area contributed by atoms with Gasteiger partial charge in [0.1, 0.15) is 6.10 Å². The van der Waals surface area contributed by atoms with Crippen LogP contribution in [-0.4, -0.2) is 27.8 Å². The normalized spacial score (nSPS) is 27.4. The second-order valence-electron chi connectivity index (χ2n) is 4.41. The van der Waals surface area contributed by atoms with Gasteiger partial charge in [-0.25, -0.2) is 4.98 Å². The molecule has 1 aliphatic heterocycles. The van der Waals surface area contributed by atoms with Gasteiger partial charge >= 0.3 is 0 Å². The Morgan fingerprint density at radius 2 is 2.00 bits per heavy atom. The first-order valence-corrected chi connectivity index (χ1v) is 5.64. The largest absolute Gasteiger partial charge is 0.366 e. The Kier molecular flexibility index (Phi) is 5.19. The summed E-state index contributed by atoms with van der Waals surface area (Å²) >= 11 is 0. The summed E-state index contributed by atoms with van der Waals surface area (Å²) in [6.07, 6.45) is 4.77. The van der Waals surface area contributed by atoms with Crippen molar-refractivity contribution in [2.45, 2.75) is 43.8 Å². The van der Waals surface area contributed by atoms with Crippen LogP contribution in [0.15, 0.2) is 0 Å². The Bertz CT molecular complexity index is 356. The van der Waals surface area contributed by atoms with E-state index in [-0.39, 0.29) is 37.0 Å². The third-order valence-corrected chi connectivity index (χ3v) is 3.14. The van der Waals surface area contributed by atoms with Crippen LogP contribution in [0.5, 0.6) is 0 Å². The van der Waals surface area contributed by atoms with E-state index in [9.17, 15) is 0 Å². The molecule has 7 heteroatoms. The van der Waals surface area contributed by atoms with Gasteiger partial charge in [0.25, 0.3) is 0 Å². The van der Waals surface area contributed by atoms with Crippen molar-refractivity contribution < 1.29 is 4.74 Å². The summed E-state index contributed by atoms with van der Waals surface area (Å²) in [6.45, 7) is 0.597. The zero-order valence-corrected chi connectivity index (χ0v) is 11.1. The van der Waals surface area contributed by atoms with E-state index in [1.807, 2.05) is 0 Å². The van der Waals surface area contributed by atoms with Gasteiger partial charge in [0, 0.05) is 12.5 Å². The maximum absolute atomic E-state index is 5.75. The van der Waals surface area contributed by atoms with E-state index in [4.69, 9.17) is 10.5 Å². The molecule has 3 rings (SSSR count). The highest BCUT2D eigenvalue weighted by molar-refractivity contribution is 5.85. The molecule has 1 aromatic rings. The van der Waals surface area contributed by atoms with E-state index in [2.05, 4.69) is 15.2 Å². The molecular weight excluding hydrogens is 263 g/mol. The number of nitrogens with one attached hydrogen (secondary N) is 1. The molecule has 0 amide bonds. The predicted molar refractivity (Wildman–Crippen MR) is 68.8 cm³/mol. The molecule has 2 unspecified atom stereocenters. The van der Waals surface area contributed by atoms with Crippen LogP contribution in [0.25, 0.3) is 0 Å². The summed E-state index contributed by atoms with van der Waals surface area (Å²) in [5.41, 5.74) is 5.57. The standard InChI is InChI=1S/C10H16N4O.2ClH/c11-5-7-3-4-8(15-7)10-12-9(13-14-10)6-1-2-6;;/h6-8H,1-5,11H2,(H,12,13,14);2*1H. The summed E-state index contributed by atoms with van der Waals surface area (Å²) in [5, 5.41) is 7.21. The molecule has 0 spiro atoms. The molecule has 2 aliphatic rings. The minimum atomic E-state index is 0. The number of nitrogens with zero attached hydrogens (tertiary/aromatic N) is 2. The first-order chi connectivity index (χ1) is 7.36. The number of ether oxygens (including phenoxy) is 1. The Morgan fingerprint density at radius 3 is 2.59 bits per heavy atom. The lowest BCUT2D eigenvalue weighted by atomic mass is 10.2. The summed E-state index contributed by atoms with van der Waals surface area (Å²) in [4.78, 5) is 4.49. The smallest absolute Gasteiger partial charge is 0.153 e. The summed E-state index contributed by atoms with van der Waals surface area (Å²) in [6, 6.07) is 0. The van der Waals surface area contributed by atoms with Crippen molar-refractivity contribution in [1.82, 2.24) is 15.2 Å². The number of aromatic nitrogens is 3. The highest BCUT2D eigenvalue weighted by atomic mass is 35.5. The molecule has 2 fully saturated rings. The summed E-state index contributed by atoms with van der Waals surface area (Å²) in [7, 11) is 0. The van der Waals surface area contributed by atoms with Gasteiger partial charge in [0.15, 0.2) is 11.6 Å². The van der Waals surface area contributed by atoms with E-state index in [0.29, 0.717) is 12.5 Å². The van der Waals surface area contributed by atoms with Gasteiger partial charge in [-0.05, 0) is 25.7 Å². The van der Waals surface area contributed by atoms with Crippen molar-refractivity contribution in [2.24, 2.45) is 5.73 Å². The lowest BCUT2D eigenvalue weighted by Gasteiger charge is -2.08. The van der Waals surface area contributed by atoms with Crippen LogP contribution in [0.4, 0.5) is 0 Å². The Labute approximate surface area is 113 Å². The molecule has 0 radical (unpaired) electrons. The van der Waals surface area contributed by atoms with E-state index >= 15 is 0 Å². The Balaban J connectivity index is 0.000000722. The van der Waals surface area contributed by atoms with Crippen LogP contribution >= 0.6 is 24.8 Å². The molecule has 0 aromatic carbocycles. The molecule has 1 saturated carbocycles. The zero-order valence-electron chi connectivity index (χ0n) is 9.46. The van der Waals surface area contributed by atoms with Crippen molar-refractivity contribution in [3.8, 4) is 0 Å². The SMILES string of the molecule is Cl.Cl.NCC1CCC(c2nc(C3CC3)n[nH]2)O1. The highest BCUT2D eigenvalue weighted by Crippen LogP contribution is 2.39. The van der Waals surface area contributed by atoms with E-state index in [1.165, 1.54) is 12.8 Å². The van der Waals surface area contributed by atoms with Crippen molar-refractivity contribution in [2.75, 3.05) is 6.54 Å². The summed E-state index contributed by atoms with van der Waals surface area (Å²) in [5.74, 6) is 2.44. The van der Waals surface area contributed by atoms with Crippen molar-refractivity contribution >= 4 is 24.8 Å². The van der Waals surface area contributed by atoms with Crippen molar-refractivity contribution in [3.63, 3.8) is 0 Å². The highest BCUT2D eigenvalue weighted by Gasteiger charge is 2.31. The average Bonchev–Trinajstić information content (AvgIpc) is 2.84. The number of H-pyrrole nitrogens is 1. The maximum Gasteiger partial charge on any atom is 0.153 e. The fourth-order valence-electron chi connectivity index (χ4n) is 2.04. The van der Waals surface area contributed by atoms with Crippen LogP contribution in [0.2, 0.25) is 0 Å². The minimum Gasteiger partial charge on any atom is -0.366 e. The molecule has 1 saturated heterocycles. The Hall–Kier alpha value is -0.360. The fraction of sp³-hybridized carbons (Fsp3) is 0.800. The van der Waals surface area contributed by atoms with Gasteiger partial charge in [-0.2, -0.15) is 5.10 Å². The Morgan fingerprint density at radius 1 is 1.24 bits per heavy atom. The van der Waals surface area contributed by atoms with Gasteiger partial charge in [0.05, 0.1) is 6.10 Å². The molecule has 2 heterocycles. The van der Waals surface area contributed by atoms with Gasteiger partial charge in [-0.15, -0.1) is 24.8 Å². The lowest BCUT2D eigenvalue weighted by molar-refractivity contribution is 0.0449. The first kappa shape index (κ1) is 14.7. The van der Waals surface area contributed by atoms with Gasteiger partial charge < -0.3 is 10.5 Å². The summed E-state index contributed by atoms with van der Waals surface area (Å²) < 4.78 is 5.75. The molecule has 5 nitrogen and oxygen atoms in total. The molecule has 1 aliphatic carbocycles. The molecule has 3 N–H and O–H groups in total. The van der Waals surface area contributed by atoms with E-state index < -0.39 is 0 Å². The molecule has 17 heavy (non-hydrogen) atoms. The fourth-order valence-corrected chi connectivity index (χ4v) is 2.04. The zero-order chi connectivity index (χ0) is 10.3. The molecule has 98 valence electrons. The average molecular weight is 281 g/mol. The number of rotatable bonds is 3. The second-order valence-corrected chi connectivity index (χ2v) is 4.41. The lowest BCUT2D eigenvalue weighted by Crippen LogP contribution is -2.19. The van der Waals surface area contributed by atoms with Crippen molar-refractivity contribution in [1.29, 1.82) is 0 Å². The van der Waals surface area contributed by atoms with Gasteiger partial charge in [-0.3, -0.25) is 5.10 Å². The number of hydrogen-bond acceptors (Lipinski definition) is 4.